The van der Waals surface area contributed by atoms with E-state index in [1.807, 2.05) is 12.1 Å². The third-order valence-corrected chi connectivity index (χ3v) is 5.06. The summed E-state index contributed by atoms with van der Waals surface area (Å²) in [4.78, 5) is 8.38. The van der Waals surface area contributed by atoms with Crippen molar-refractivity contribution in [2.24, 2.45) is 0 Å². The molecule has 28 heavy (non-hydrogen) atoms. The van der Waals surface area contributed by atoms with Crippen molar-refractivity contribution in [2.75, 3.05) is 0 Å². The number of rotatable bonds is 7. The van der Waals surface area contributed by atoms with E-state index in [1.54, 1.807) is 30.7 Å². The Kier molecular flexibility index (Phi) is 5.48. The van der Waals surface area contributed by atoms with E-state index in [0.29, 0.717) is 17.4 Å². The zero-order valence-electron chi connectivity index (χ0n) is 15.2. The third kappa shape index (κ3) is 3.96. The van der Waals surface area contributed by atoms with Crippen molar-refractivity contribution in [1.82, 2.24) is 24.7 Å². The number of benzene rings is 1. The van der Waals surface area contributed by atoms with Crippen LogP contribution in [0, 0.1) is 5.82 Å². The highest BCUT2D eigenvalue weighted by Crippen LogP contribution is 2.28. The number of oxazole rings is 1. The summed E-state index contributed by atoms with van der Waals surface area (Å²) in [7, 11) is 0. The molecule has 142 valence electrons. The fourth-order valence-corrected chi connectivity index (χ4v) is 3.60. The first-order chi connectivity index (χ1) is 13.7. The molecule has 3 aromatic heterocycles. The van der Waals surface area contributed by atoms with Gasteiger partial charge >= 0.3 is 0 Å². The number of nitrogens with zero attached hydrogens (tertiary/aromatic N) is 5. The Labute approximate surface area is 165 Å². The van der Waals surface area contributed by atoms with Crippen LogP contribution in [0.15, 0.2) is 64.6 Å². The van der Waals surface area contributed by atoms with Crippen molar-refractivity contribution in [3.05, 3.63) is 66.7 Å². The van der Waals surface area contributed by atoms with Gasteiger partial charge in [-0.1, -0.05) is 18.7 Å². The largest absolute Gasteiger partial charge is 0.440 e. The maximum atomic E-state index is 13.1. The molecule has 1 aromatic carbocycles. The summed E-state index contributed by atoms with van der Waals surface area (Å²) in [5.74, 6) is 2.27. The fraction of sp³-hybridized carbons (Fsp3) is 0.200. The maximum absolute atomic E-state index is 13.1. The summed E-state index contributed by atoms with van der Waals surface area (Å²) in [6.45, 7) is 2.94. The van der Waals surface area contributed by atoms with E-state index in [1.165, 1.54) is 23.9 Å². The number of thioether (sulfide) groups is 1. The lowest BCUT2D eigenvalue weighted by Gasteiger charge is -2.08. The number of halogens is 1. The van der Waals surface area contributed by atoms with Crippen LogP contribution < -0.4 is 0 Å². The maximum Gasteiger partial charge on any atom is 0.205 e. The molecular weight excluding hydrogens is 377 g/mol. The highest BCUT2D eigenvalue weighted by molar-refractivity contribution is 7.98. The van der Waals surface area contributed by atoms with Crippen LogP contribution >= 0.6 is 11.8 Å². The molecule has 0 atom stereocenters. The molecule has 0 fully saturated rings. The van der Waals surface area contributed by atoms with Crippen molar-refractivity contribution in [3.63, 3.8) is 0 Å². The van der Waals surface area contributed by atoms with Gasteiger partial charge in [-0.2, -0.15) is 0 Å². The van der Waals surface area contributed by atoms with E-state index >= 15 is 0 Å². The van der Waals surface area contributed by atoms with Gasteiger partial charge < -0.3 is 8.98 Å². The van der Waals surface area contributed by atoms with Crippen LogP contribution in [-0.4, -0.2) is 24.7 Å². The normalized spacial score (nSPS) is 11.1. The van der Waals surface area contributed by atoms with Gasteiger partial charge in [0.2, 0.25) is 5.89 Å². The molecule has 6 nitrogen and oxygen atoms in total. The van der Waals surface area contributed by atoms with Gasteiger partial charge in [0.05, 0.1) is 11.9 Å². The van der Waals surface area contributed by atoms with E-state index in [9.17, 15) is 4.39 Å². The molecule has 0 amide bonds. The molecule has 0 saturated carbocycles. The molecule has 0 N–H and O–H groups in total. The average molecular weight is 395 g/mol. The number of aromatic nitrogens is 5. The quantitative estimate of drug-likeness (QED) is 0.417. The summed E-state index contributed by atoms with van der Waals surface area (Å²) >= 11 is 1.52. The number of hydrogen-bond donors (Lipinski definition) is 0. The third-order valence-electron chi connectivity index (χ3n) is 4.11. The molecule has 0 radical (unpaired) electrons. The standard InChI is InChI=1S/C20H18FN5OS/c1-2-11-26-19(15-7-9-22-10-8-15)24-25-20(26)28-13-18-23-12-17(27-18)14-3-5-16(21)6-4-14/h3-10,12H,2,11,13H2,1H3. The molecule has 0 bridgehead atoms. The minimum Gasteiger partial charge on any atom is -0.440 e. The molecule has 0 aliphatic rings. The first-order valence-electron chi connectivity index (χ1n) is 8.91. The van der Waals surface area contributed by atoms with Gasteiger partial charge in [0.1, 0.15) is 5.82 Å². The summed E-state index contributed by atoms with van der Waals surface area (Å²) in [5.41, 5.74) is 1.77. The molecule has 0 saturated heterocycles. The van der Waals surface area contributed by atoms with Crippen LogP contribution in [0.2, 0.25) is 0 Å². The van der Waals surface area contributed by atoms with Crippen LogP contribution in [0.5, 0.6) is 0 Å². The Morgan fingerprint density at radius 1 is 1.04 bits per heavy atom. The second-order valence-corrected chi connectivity index (χ2v) is 7.05. The minimum atomic E-state index is -0.278. The zero-order chi connectivity index (χ0) is 19.3. The van der Waals surface area contributed by atoms with Crippen molar-refractivity contribution in [1.29, 1.82) is 0 Å². The SMILES string of the molecule is CCCn1c(SCc2ncc(-c3ccc(F)cc3)o2)nnc1-c1ccncc1. The van der Waals surface area contributed by atoms with E-state index in [-0.39, 0.29) is 5.82 Å². The Balaban J connectivity index is 1.51. The molecule has 4 aromatic rings. The van der Waals surface area contributed by atoms with E-state index in [0.717, 1.165) is 35.1 Å². The highest BCUT2D eigenvalue weighted by Gasteiger charge is 2.15. The van der Waals surface area contributed by atoms with Crippen LogP contribution in [-0.2, 0) is 12.3 Å². The minimum absolute atomic E-state index is 0.278. The van der Waals surface area contributed by atoms with Crippen LogP contribution in [0.1, 0.15) is 19.2 Å². The fourth-order valence-electron chi connectivity index (χ4n) is 2.79. The summed E-state index contributed by atoms with van der Waals surface area (Å²) in [6.07, 6.45) is 6.12. The molecule has 8 heteroatoms. The summed E-state index contributed by atoms with van der Waals surface area (Å²) < 4.78 is 21.0. The predicted molar refractivity (Wildman–Crippen MR) is 105 cm³/mol. The monoisotopic (exact) mass is 395 g/mol. The topological polar surface area (TPSA) is 69.6 Å². The Bertz CT molecular complexity index is 1050. The summed E-state index contributed by atoms with van der Waals surface area (Å²) in [5, 5.41) is 9.52. The molecule has 0 aliphatic heterocycles. The van der Waals surface area contributed by atoms with E-state index < -0.39 is 0 Å². The Morgan fingerprint density at radius 3 is 2.57 bits per heavy atom. The average Bonchev–Trinajstić information content (AvgIpc) is 3.35. The lowest BCUT2D eigenvalue weighted by atomic mass is 10.2. The van der Waals surface area contributed by atoms with E-state index in [2.05, 4.69) is 31.7 Å². The lowest BCUT2D eigenvalue weighted by Crippen LogP contribution is -2.02. The van der Waals surface area contributed by atoms with Crippen molar-refractivity contribution in [2.45, 2.75) is 30.8 Å². The molecule has 0 unspecified atom stereocenters. The van der Waals surface area contributed by atoms with Crippen molar-refractivity contribution >= 4 is 11.8 Å². The van der Waals surface area contributed by atoms with Gasteiger partial charge in [-0.25, -0.2) is 9.37 Å². The Hall–Kier alpha value is -3.00. The van der Waals surface area contributed by atoms with Gasteiger partial charge in [0, 0.05) is 30.1 Å². The first kappa shape index (κ1) is 18.4. The van der Waals surface area contributed by atoms with Gasteiger partial charge in [0.25, 0.3) is 0 Å². The first-order valence-corrected chi connectivity index (χ1v) is 9.90. The zero-order valence-corrected chi connectivity index (χ0v) is 16.1. The van der Waals surface area contributed by atoms with Gasteiger partial charge in [-0.15, -0.1) is 10.2 Å². The van der Waals surface area contributed by atoms with Gasteiger partial charge in [-0.3, -0.25) is 4.98 Å². The second kappa shape index (κ2) is 8.35. The number of pyridine rings is 1. The van der Waals surface area contributed by atoms with Gasteiger partial charge in [0.15, 0.2) is 16.7 Å². The second-order valence-electron chi connectivity index (χ2n) is 6.11. The molecule has 0 spiro atoms. The van der Waals surface area contributed by atoms with Gasteiger partial charge in [-0.05, 0) is 42.8 Å². The number of hydrogen-bond acceptors (Lipinski definition) is 6. The van der Waals surface area contributed by atoms with Crippen molar-refractivity contribution in [3.8, 4) is 22.7 Å². The smallest absolute Gasteiger partial charge is 0.205 e. The Morgan fingerprint density at radius 2 is 1.82 bits per heavy atom. The summed E-state index contributed by atoms with van der Waals surface area (Å²) in [6, 6.07) is 10.00. The van der Waals surface area contributed by atoms with Crippen LogP contribution in [0.4, 0.5) is 4.39 Å². The highest BCUT2D eigenvalue weighted by atomic mass is 32.2. The molecule has 4 rings (SSSR count). The molecule has 3 heterocycles. The lowest BCUT2D eigenvalue weighted by molar-refractivity contribution is 0.529. The predicted octanol–water partition coefficient (Wildman–Crippen LogP) is 4.84. The van der Waals surface area contributed by atoms with E-state index in [4.69, 9.17) is 4.42 Å². The molecule has 0 aliphatic carbocycles. The van der Waals surface area contributed by atoms with Crippen molar-refractivity contribution < 1.29 is 8.81 Å². The van der Waals surface area contributed by atoms with Crippen LogP contribution in [0.3, 0.4) is 0 Å². The van der Waals surface area contributed by atoms with Crippen LogP contribution in [0.25, 0.3) is 22.7 Å². The molecular formula is C20H18FN5OS.